The molecule has 2 saturated carbocycles. The van der Waals surface area contributed by atoms with Gasteiger partial charge in [0.1, 0.15) is 11.6 Å². The van der Waals surface area contributed by atoms with Gasteiger partial charge in [-0.1, -0.05) is 44.4 Å². The molecule has 0 amide bonds. The second kappa shape index (κ2) is 15.5. The van der Waals surface area contributed by atoms with Crippen LogP contribution >= 0.6 is 0 Å². The Morgan fingerprint density at radius 1 is 0.750 bits per heavy atom. The molecule has 2 fully saturated rings. The van der Waals surface area contributed by atoms with E-state index < -0.39 is 10.0 Å². The summed E-state index contributed by atoms with van der Waals surface area (Å²) in [6, 6.07) is 15.2. The Labute approximate surface area is 325 Å². The average molecular weight is 771 g/mol. The molecule has 6 heterocycles. The largest absolute Gasteiger partial charge is 0.345 e. The van der Waals surface area contributed by atoms with E-state index in [1.165, 1.54) is 10.4 Å². The van der Waals surface area contributed by atoms with Crippen molar-refractivity contribution >= 4 is 43.6 Å². The zero-order chi connectivity index (χ0) is 39.0. The summed E-state index contributed by atoms with van der Waals surface area (Å²) in [6.45, 7) is 6.36. The van der Waals surface area contributed by atoms with Crippen LogP contribution in [-0.2, 0) is 10.0 Å². The van der Waals surface area contributed by atoms with Crippen LogP contribution in [0.5, 0.6) is 0 Å². The van der Waals surface area contributed by atoms with Crippen molar-refractivity contribution in [2.45, 2.75) is 102 Å². The summed E-state index contributed by atoms with van der Waals surface area (Å²) in [6.07, 6.45) is 16.5. The van der Waals surface area contributed by atoms with Crippen LogP contribution in [0.4, 0.5) is 0 Å². The Bertz CT molecular complexity index is 2700. The van der Waals surface area contributed by atoms with Crippen LogP contribution in [0, 0.1) is 53.3 Å². The van der Waals surface area contributed by atoms with Crippen LogP contribution in [0.15, 0.2) is 66.1 Å². The van der Waals surface area contributed by atoms with Crippen molar-refractivity contribution in [3.63, 3.8) is 0 Å². The van der Waals surface area contributed by atoms with Gasteiger partial charge in [0.15, 0.2) is 22.6 Å². The van der Waals surface area contributed by atoms with E-state index in [9.17, 15) is 8.42 Å². The number of hydrogen-bond acceptors (Lipinski definition) is 10. The zero-order valence-corrected chi connectivity index (χ0v) is 32.8. The summed E-state index contributed by atoms with van der Waals surface area (Å²) in [5, 5.41) is 35.6. The number of rotatable bonds is 10. The van der Waals surface area contributed by atoms with Crippen LogP contribution in [0.25, 0.3) is 33.6 Å². The molecule has 1 N–H and O–H groups in total. The first-order chi connectivity index (χ1) is 27.2. The number of benzene rings is 1. The van der Waals surface area contributed by atoms with Crippen molar-refractivity contribution in [2.24, 2.45) is 23.7 Å². The lowest BCUT2D eigenvalue weighted by molar-refractivity contribution is 0.440. The number of hydrogen-bond donors (Lipinski definition) is 1. The van der Waals surface area contributed by atoms with Crippen molar-refractivity contribution in [1.82, 2.24) is 48.1 Å². The Kier molecular flexibility index (Phi) is 10.3. The Morgan fingerprint density at radius 3 is 1.89 bits per heavy atom. The number of nitrogens with zero attached hydrogens (tertiary/aromatic N) is 11. The summed E-state index contributed by atoms with van der Waals surface area (Å²) in [5.74, 6) is 4.75. The third kappa shape index (κ3) is 6.68. The van der Waals surface area contributed by atoms with Crippen LogP contribution in [0.3, 0.4) is 0 Å². The number of nitrogens with one attached hydrogen (secondary N) is 1. The quantitative estimate of drug-likeness (QED) is 0.143. The Balaban J connectivity index is 0.000000168. The van der Waals surface area contributed by atoms with E-state index in [-0.39, 0.29) is 10.8 Å². The monoisotopic (exact) mass is 770 g/mol. The highest BCUT2D eigenvalue weighted by molar-refractivity contribution is 7.90. The van der Waals surface area contributed by atoms with Gasteiger partial charge in [-0.3, -0.25) is 8.80 Å². The van der Waals surface area contributed by atoms with E-state index in [1.54, 1.807) is 48.9 Å². The van der Waals surface area contributed by atoms with Crippen LogP contribution < -0.4 is 0 Å². The SMILES string of the molecule is CC[C@@H]1C[C@H](CCC#N)C[C@@H]1c1nnc2cnc3[nH]ccc3n12.CC[C@@H]1C[C@H](CCC#N)C[C@@H]1c1nnc2cnc3c(ccn3S(=O)(=O)c3ccc(C)cc3)n12. The lowest BCUT2D eigenvalue weighted by Crippen LogP contribution is -2.13. The summed E-state index contributed by atoms with van der Waals surface area (Å²) in [7, 11) is -3.79. The third-order valence-corrected chi connectivity index (χ3v) is 13.9. The van der Waals surface area contributed by atoms with Crippen LogP contribution in [-0.4, -0.2) is 56.5 Å². The fourth-order valence-electron chi connectivity index (χ4n) is 9.37. The van der Waals surface area contributed by atoms with Crippen LogP contribution in [0.1, 0.15) is 107 Å². The first kappa shape index (κ1) is 37.3. The molecule has 6 aromatic heterocycles. The minimum atomic E-state index is -3.79. The minimum absolute atomic E-state index is 0.219. The lowest BCUT2D eigenvalue weighted by atomic mass is 9.93. The maximum atomic E-state index is 13.3. The van der Waals surface area contributed by atoms with Gasteiger partial charge in [0.05, 0.1) is 40.5 Å². The molecule has 2 aliphatic carbocycles. The van der Waals surface area contributed by atoms with Crippen molar-refractivity contribution in [1.29, 1.82) is 10.5 Å². The molecule has 9 rings (SSSR count). The molecule has 15 heteroatoms. The van der Waals surface area contributed by atoms with Crippen LogP contribution in [0.2, 0.25) is 0 Å². The van der Waals surface area contributed by atoms with Crippen molar-refractivity contribution < 1.29 is 8.42 Å². The van der Waals surface area contributed by atoms with E-state index in [1.807, 2.05) is 23.6 Å². The Morgan fingerprint density at radius 2 is 1.32 bits per heavy atom. The van der Waals surface area contributed by atoms with Crippen molar-refractivity contribution in [3.05, 3.63) is 78.4 Å². The molecule has 56 heavy (non-hydrogen) atoms. The van der Waals surface area contributed by atoms with Crippen molar-refractivity contribution in [3.8, 4) is 12.1 Å². The smallest absolute Gasteiger partial charge is 0.269 e. The van der Waals surface area contributed by atoms with E-state index in [2.05, 4.69) is 65.7 Å². The molecule has 6 atom stereocenters. The molecular formula is C41H46N12O2S. The van der Waals surface area contributed by atoms with E-state index in [4.69, 9.17) is 10.5 Å². The molecule has 0 saturated heterocycles. The van der Waals surface area contributed by atoms with Gasteiger partial charge < -0.3 is 4.98 Å². The van der Waals surface area contributed by atoms with Gasteiger partial charge in [-0.25, -0.2) is 22.4 Å². The van der Waals surface area contributed by atoms with Gasteiger partial charge >= 0.3 is 0 Å². The zero-order valence-electron chi connectivity index (χ0n) is 32.0. The molecule has 14 nitrogen and oxygen atoms in total. The van der Waals surface area contributed by atoms with Gasteiger partial charge in [-0.2, -0.15) is 10.5 Å². The predicted molar refractivity (Wildman–Crippen MR) is 211 cm³/mol. The lowest BCUT2D eigenvalue weighted by Gasteiger charge is -2.16. The fraction of sp³-hybridized carbons (Fsp3) is 0.463. The second-order valence-corrected chi connectivity index (χ2v) is 17.3. The molecule has 0 aliphatic heterocycles. The first-order valence-corrected chi connectivity index (χ1v) is 21.1. The number of aromatic amines is 1. The molecule has 2 aliphatic rings. The summed E-state index contributed by atoms with van der Waals surface area (Å²) >= 11 is 0. The molecule has 0 unspecified atom stereocenters. The maximum Gasteiger partial charge on any atom is 0.269 e. The topological polar surface area (TPSA) is 189 Å². The minimum Gasteiger partial charge on any atom is -0.345 e. The molecule has 7 aromatic rings. The standard InChI is InChI=1S/C24H26N6O2S.C17H20N6/c1-3-18-13-17(5-4-11-25)14-20(18)23-28-27-22-15-26-24-21(30(22)23)10-12-29(24)33(31,32)19-8-6-16(2)7-9-19;1-2-12-8-11(4-3-6-18)9-13(12)17-22-21-15-10-20-16-14(23(15)17)5-7-19-16/h6-10,12,15,17-18,20H,3-5,13-14H2,1-2H3;5,7,10-13,19H,2-4,8-9H2,1H3/t17-,18+,20-;11-,12+,13-/m00/s1. The summed E-state index contributed by atoms with van der Waals surface area (Å²) in [4.78, 5) is 12.2. The average Bonchev–Trinajstić information content (AvgIpc) is 4.06. The fourth-order valence-corrected chi connectivity index (χ4v) is 10.7. The summed E-state index contributed by atoms with van der Waals surface area (Å²) in [5.41, 5.74) is 5.36. The van der Waals surface area contributed by atoms with Crippen molar-refractivity contribution in [2.75, 3.05) is 0 Å². The number of aromatic nitrogens is 10. The molecular weight excluding hydrogens is 725 g/mol. The second-order valence-electron chi connectivity index (χ2n) is 15.5. The predicted octanol–water partition coefficient (Wildman–Crippen LogP) is 7.88. The number of fused-ring (bicyclic) bond motifs is 6. The van der Waals surface area contributed by atoms with Gasteiger partial charge in [0, 0.05) is 37.1 Å². The van der Waals surface area contributed by atoms with E-state index >= 15 is 0 Å². The molecule has 0 bridgehead atoms. The number of nitriles is 2. The molecule has 0 spiro atoms. The normalized spacial score (nSPS) is 22.4. The highest BCUT2D eigenvalue weighted by atomic mass is 32.2. The molecule has 288 valence electrons. The highest BCUT2D eigenvalue weighted by Crippen LogP contribution is 2.47. The first-order valence-electron chi connectivity index (χ1n) is 19.7. The van der Waals surface area contributed by atoms with Gasteiger partial charge in [0.25, 0.3) is 10.0 Å². The molecule has 0 radical (unpaired) electrons. The third-order valence-electron chi connectivity index (χ3n) is 12.2. The van der Waals surface area contributed by atoms with Gasteiger partial charge in [0.2, 0.25) is 0 Å². The number of aryl methyl sites for hydroxylation is 1. The highest BCUT2D eigenvalue weighted by Gasteiger charge is 2.38. The maximum absolute atomic E-state index is 13.3. The number of H-pyrrole nitrogens is 1. The Hall–Kier alpha value is -5.67. The van der Waals surface area contributed by atoms with Gasteiger partial charge in [-0.05, 0) is 93.4 Å². The van der Waals surface area contributed by atoms with Gasteiger partial charge in [-0.15, -0.1) is 20.4 Å². The molecule has 1 aromatic carbocycles. The summed E-state index contributed by atoms with van der Waals surface area (Å²) < 4.78 is 32.0. The van der Waals surface area contributed by atoms with E-state index in [0.29, 0.717) is 59.2 Å². The van der Waals surface area contributed by atoms with E-state index in [0.717, 1.165) is 79.0 Å².